The second-order valence-electron chi connectivity index (χ2n) is 7.25. The summed E-state index contributed by atoms with van der Waals surface area (Å²) in [6, 6.07) is 0. The molecule has 0 spiro atoms. The fraction of sp³-hybridized carbons (Fsp3) is 1.00. The number of aliphatic hydroxyl groups excluding tert-OH is 1. The molecule has 0 bridgehead atoms. The lowest BCUT2D eigenvalue weighted by Crippen LogP contribution is -2.20. The Morgan fingerprint density at radius 1 is 1.00 bits per heavy atom. The Kier molecular flexibility index (Phi) is 1.65. The van der Waals surface area contributed by atoms with Crippen LogP contribution in [0.3, 0.4) is 0 Å². The van der Waals surface area contributed by atoms with Crippen molar-refractivity contribution < 1.29 is 5.11 Å². The van der Waals surface area contributed by atoms with E-state index >= 15 is 0 Å². The van der Waals surface area contributed by atoms with Crippen molar-refractivity contribution >= 4 is 0 Å². The maximum absolute atomic E-state index is 9.67. The van der Waals surface area contributed by atoms with Crippen molar-refractivity contribution in [1.82, 2.24) is 0 Å². The van der Waals surface area contributed by atoms with Crippen LogP contribution in [0.25, 0.3) is 0 Å². The normalized spacial score (nSPS) is 42.2. The Morgan fingerprint density at radius 3 is 1.43 bits per heavy atom. The van der Waals surface area contributed by atoms with Gasteiger partial charge in [-0.15, -0.1) is 0 Å². The zero-order valence-electron chi connectivity index (χ0n) is 10.4. The molecule has 0 amide bonds. The van der Waals surface area contributed by atoms with Crippen LogP contribution in [0.2, 0.25) is 0 Å². The maximum atomic E-state index is 9.67. The fourth-order valence-electron chi connectivity index (χ4n) is 4.18. The van der Waals surface area contributed by atoms with Crippen molar-refractivity contribution in [2.75, 3.05) is 6.61 Å². The van der Waals surface area contributed by atoms with Gasteiger partial charge in [-0.2, -0.15) is 0 Å². The van der Waals surface area contributed by atoms with Crippen molar-refractivity contribution in [3.63, 3.8) is 0 Å². The minimum atomic E-state index is 0.222. The van der Waals surface area contributed by atoms with E-state index < -0.39 is 0 Å². The molecule has 0 aromatic rings. The molecule has 14 heavy (non-hydrogen) atoms. The Hall–Kier alpha value is -0.0400. The molecule has 0 heterocycles. The summed E-state index contributed by atoms with van der Waals surface area (Å²) in [6.07, 6.45) is 1.20. The first-order valence-corrected chi connectivity index (χ1v) is 5.74. The van der Waals surface area contributed by atoms with Crippen LogP contribution >= 0.6 is 0 Å². The zero-order chi connectivity index (χ0) is 11.0. The summed E-state index contributed by atoms with van der Waals surface area (Å²) in [5.74, 6) is 0.697. The van der Waals surface area contributed by atoms with Crippen LogP contribution < -0.4 is 0 Å². The van der Waals surface area contributed by atoms with Gasteiger partial charge in [0.15, 0.2) is 0 Å². The van der Waals surface area contributed by atoms with Gasteiger partial charge >= 0.3 is 0 Å². The van der Waals surface area contributed by atoms with E-state index in [-0.39, 0.29) is 5.41 Å². The van der Waals surface area contributed by atoms with Crippen LogP contribution in [0.15, 0.2) is 0 Å². The monoisotopic (exact) mass is 196 g/mol. The zero-order valence-corrected chi connectivity index (χ0v) is 10.4. The highest BCUT2D eigenvalue weighted by molar-refractivity contribution is 5.27. The Bertz CT molecular complexity index is 261. The molecule has 1 N–H and O–H groups in total. The lowest BCUT2D eigenvalue weighted by atomic mass is 9.86. The Labute approximate surface area is 87.9 Å². The third-order valence-corrected chi connectivity index (χ3v) is 5.84. The molecule has 1 atom stereocenters. The molecule has 2 aliphatic carbocycles. The summed E-state index contributed by atoms with van der Waals surface area (Å²) in [5.41, 5.74) is 1.39. The van der Waals surface area contributed by atoms with Gasteiger partial charge in [0, 0.05) is 12.0 Å². The SMILES string of the molecule is CC1(C)CC1(CO)C1C(C)(C)C1(C)C. The largest absolute Gasteiger partial charge is 0.396 e. The third-order valence-electron chi connectivity index (χ3n) is 5.84. The lowest BCUT2D eigenvalue weighted by molar-refractivity contribution is 0.140. The van der Waals surface area contributed by atoms with Gasteiger partial charge in [0.1, 0.15) is 0 Å². The Balaban J connectivity index is 2.28. The summed E-state index contributed by atoms with van der Waals surface area (Å²) in [5, 5.41) is 9.67. The first-order valence-electron chi connectivity index (χ1n) is 5.74. The van der Waals surface area contributed by atoms with E-state index in [1.165, 1.54) is 6.42 Å². The van der Waals surface area contributed by atoms with E-state index in [0.717, 1.165) is 0 Å². The molecule has 82 valence electrons. The summed E-state index contributed by atoms with van der Waals surface area (Å²) < 4.78 is 0. The highest BCUT2D eigenvalue weighted by atomic mass is 16.3. The van der Waals surface area contributed by atoms with Gasteiger partial charge in [0.25, 0.3) is 0 Å². The van der Waals surface area contributed by atoms with Gasteiger partial charge in [-0.3, -0.25) is 0 Å². The predicted molar refractivity (Wildman–Crippen MR) is 59.0 cm³/mol. The second kappa shape index (κ2) is 2.21. The van der Waals surface area contributed by atoms with Gasteiger partial charge < -0.3 is 5.11 Å². The van der Waals surface area contributed by atoms with Crippen molar-refractivity contribution in [2.24, 2.45) is 27.6 Å². The quantitative estimate of drug-likeness (QED) is 0.719. The van der Waals surface area contributed by atoms with Crippen LogP contribution in [-0.2, 0) is 0 Å². The van der Waals surface area contributed by atoms with E-state index in [4.69, 9.17) is 0 Å². The number of rotatable bonds is 2. The van der Waals surface area contributed by atoms with Crippen LogP contribution in [0.4, 0.5) is 0 Å². The molecule has 1 heteroatoms. The first kappa shape index (κ1) is 10.5. The van der Waals surface area contributed by atoms with Crippen molar-refractivity contribution in [3.8, 4) is 0 Å². The summed E-state index contributed by atoms with van der Waals surface area (Å²) >= 11 is 0. The number of hydrogen-bond acceptors (Lipinski definition) is 1. The second-order valence-corrected chi connectivity index (χ2v) is 7.25. The van der Waals surface area contributed by atoms with Crippen molar-refractivity contribution in [3.05, 3.63) is 0 Å². The maximum Gasteiger partial charge on any atom is 0.0495 e. The highest BCUT2D eigenvalue weighted by Crippen LogP contribution is 2.84. The molecule has 2 rings (SSSR count). The van der Waals surface area contributed by atoms with Crippen LogP contribution in [0.1, 0.15) is 48.0 Å². The van der Waals surface area contributed by atoms with Gasteiger partial charge in [0.05, 0.1) is 0 Å². The minimum absolute atomic E-state index is 0.222. The van der Waals surface area contributed by atoms with Gasteiger partial charge in [-0.1, -0.05) is 41.5 Å². The molecule has 2 aliphatic rings. The lowest BCUT2D eigenvalue weighted by Gasteiger charge is -2.20. The van der Waals surface area contributed by atoms with Crippen LogP contribution in [0.5, 0.6) is 0 Å². The van der Waals surface area contributed by atoms with E-state index in [1.54, 1.807) is 0 Å². The average molecular weight is 196 g/mol. The molecule has 0 aromatic carbocycles. The average Bonchev–Trinajstić information content (AvgIpc) is 2.66. The van der Waals surface area contributed by atoms with E-state index in [1.807, 2.05) is 0 Å². The van der Waals surface area contributed by atoms with Gasteiger partial charge in [-0.25, -0.2) is 0 Å². The third kappa shape index (κ3) is 0.856. The van der Waals surface area contributed by atoms with Crippen molar-refractivity contribution in [1.29, 1.82) is 0 Å². The van der Waals surface area contributed by atoms with Crippen LogP contribution in [-0.4, -0.2) is 11.7 Å². The first-order chi connectivity index (χ1) is 6.13. The molecular formula is C13H24O. The summed E-state index contributed by atoms with van der Waals surface area (Å²) in [4.78, 5) is 0. The van der Waals surface area contributed by atoms with Gasteiger partial charge in [-0.05, 0) is 28.6 Å². The fourth-order valence-corrected chi connectivity index (χ4v) is 4.18. The predicted octanol–water partition coefficient (Wildman–Crippen LogP) is 3.08. The summed E-state index contributed by atoms with van der Waals surface area (Å²) in [7, 11) is 0. The van der Waals surface area contributed by atoms with E-state index in [0.29, 0.717) is 28.8 Å². The van der Waals surface area contributed by atoms with Crippen LogP contribution in [0, 0.1) is 27.6 Å². The van der Waals surface area contributed by atoms with E-state index in [2.05, 4.69) is 41.5 Å². The highest BCUT2D eigenvalue weighted by Gasteiger charge is 2.80. The molecular weight excluding hydrogens is 172 g/mol. The molecule has 0 saturated heterocycles. The molecule has 0 aliphatic heterocycles. The minimum Gasteiger partial charge on any atom is -0.396 e. The van der Waals surface area contributed by atoms with E-state index in [9.17, 15) is 5.11 Å². The molecule has 2 saturated carbocycles. The smallest absolute Gasteiger partial charge is 0.0495 e. The Morgan fingerprint density at radius 2 is 1.36 bits per heavy atom. The molecule has 2 fully saturated rings. The van der Waals surface area contributed by atoms with Crippen molar-refractivity contribution in [2.45, 2.75) is 48.0 Å². The molecule has 1 unspecified atom stereocenters. The summed E-state index contributed by atoms with van der Waals surface area (Å²) in [6.45, 7) is 14.4. The van der Waals surface area contributed by atoms with Gasteiger partial charge in [0.2, 0.25) is 0 Å². The topological polar surface area (TPSA) is 20.2 Å². The standard InChI is InChI=1S/C13H24O/c1-10(2)7-13(10,8-14)9-11(3,4)12(9,5)6/h9,14H,7-8H2,1-6H3. The molecule has 0 radical (unpaired) electrons. The molecule has 0 aromatic heterocycles. The molecule has 1 nitrogen and oxygen atoms in total. The number of aliphatic hydroxyl groups is 1. The number of hydrogen-bond donors (Lipinski definition) is 1.